The average molecular weight is 475 g/mol. The van der Waals surface area contributed by atoms with E-state index in [-0.39, 0.29) is 24.0 Å². The number of pyridine rings is 1. The van der Waals surface area contributed by atoms with Crippen LogP contribution in [-0.2, 0) is 11.3 Å². The standard InChI is InChI=1S/C19H33N5O.HI/c1-15(2)6-4-7-16(3)23-19(20)22-14-17-8-5-9-21-18(17)24-10-12-25-13-11-24;/h5,8-9,15-16H,4,6-7,10-14H2,1-3H3,(H3,20,22,23);1H. The number of hydrogen-bond donors (Lipinski definition) is 2. The van der Waals surface area contributed by atoms with Gasteiger partial charge in [0.05, 0.1) is 19.8 Å². The van der Waals surface area contributed by atoms with Gasteiger partial charge in [-0.25, -0.2) is 9.98 Å². The number of halogens is 1. The van der Waals surface area contributed by atoms with Crippen molar-refractivity contribution in [3.8, 4) is 0 Å². The van der Waals surface area contributed by atoms with Crippen LogP contribution in [0, 0.1) is 5.92 Å². The lowest BCUT2D eigenvalue weighted by Crippen LogP contribution is -2.38. The highest BCUT2D eigenvalue weighted by molar-refractivity contribution is 14.0. The third kappa shape index (κ3) is 8.07. The van der Waals surface area contributed by atoms with Crippen LogP contribution >= 0.6 is 24.0 Å². The van der Waals surface area contributed by atoms with Crippen LogP contribution in [0.1, 0.15) is 45.6 Å². The fourth-order valence-corrected chi connectivity index (χ4v) is 2.99. The predicted octanol–water partition coefficient (Wildman–Crippen LogP) is 3.16. The fraction of sp³-hybridized carbons (Fsp3) is 0.684. The number of hydrogen-bond acceptors (Lipinski definition) is 4. The lowest BCUT2D eigenvalue weighted by Gasteiger charge is -2.29. The number of nitrogens with zero attached hydrogens (tertiary/aromatic N) is 3. The molecule has 2 rings (SSSR count). The molecule has 1 aliphatic heterocycles. The first-order valence-electron chi connectivity index (χ1n) is 9.39. The Morgan fingerprint density at radius 2 is 2.04 bits per heavy atom. The van der Waals surface area contributed by atoms with Gasteiger partial charge in [0.25, 0.3) is 0 Å². The van der Waals surface area contributed by atoms with E-state index in [0.29, 0.717) is 18.5 Å². The van der Waals surface area contributed by atoms with Crippen LogP contribution in [0.5, 0.6) is 0 Å². The predicted molar refractivity (Wildman–Crippen MR) is 119 cm³/mol. The van der Waals surface area contributed by atoms with E-state index in [0.717, 1.165) is 50.0 Å². The lowest BCUT2D eigenvalue weighted by molar-refractivity contribution is 0.122. The van der Waals surface area contributed by atoms with Crippen molar-refractivity contribution in [2.24, 2.45) is 16.6 Å². The van der Waals surface area contributed by atoms with Gasteiger partial charge in [0.2, 0.25) is 0 Å². The minimum Gasteiger partial charge on any atom is -0.378 e. The Morgan fingerprint density at radius 3 is 2.73 bits per heavy atom. The van der Waals surface area contributed by atoms with Gasteiger partial charge in [0, 0.05) is 30.9 Å². The molecule has 1 aromatic heterocycles. The molecule has 148 valence electrons. The normalized spacial score (nSPS) is 16.3. The Kier molecular flexibility index (Phi) is 10.9. The van der Waals surface area contributed by atoms with Gasteiger partial charge < -0.3 is 20.7 Å². The second kappa shape index (κ2) is 12.3. The molecule has 1 aromatic rings. The second-order valence-electron chi connectivity index (χ2n) is 7.16. The number of morpholine rings is 1. The van der Waals surface area contributed by atoms with E-state index in [1.165, 1.54) is 12.8 Å². The maximum Gasteiger partial charge on any atom is 0.189 e. The van der Waals surface area contributed by atoms with E-state index in [2.05, 4.69) is 47.0 Å². The summed E-state index contributed by atoms with van der Waals surface area (Å²) in [6, 6.07) is 4.36. The van der Waals surface area contributed by atoms with Gasteiger partial charge >= 0.3 is 0 Å². The minimum atomic E-state index is 0. The molecule has 1 aliphatic rings. The van der Waals surface area contributed by atoms with Crippen molar-refractivity contribution in [1.82, 2.24) is 10.3 Å². The fourth-order valence-electron chi connectivity index (χ4n) is 2.99. The Bertz CT molecular complexity index is 546. The number of aromatic nitrogens is 1. The largest absolute Gasteiger partial charge is 0.378 e. The van der Waals surface area contributed by atoms with Crippen molar-refractivity contribution < 1.29 is 4.74 Å². The quantitative estimate of drug-likeness (QED) is 0.343. The zero-order valence-electron chi connectivity index (χ0n) is 16.3. The third-order valence-electron chi connectivity index (χ3n) is 4.41. The van der Waals surface area contributed by atoms with Gasteiger partial charge in [-0.15, -0.1) is 24.0 Å². The van der Waals surface area contributed by atoms with Gasteiger partial charge in [-0.05, 0) is 25.3 Å². The summed E-state index contributed by atoms with van der Waals surface area (Å²) in [5.41, 5.74) is 7.17. The molecule has 2 heterocycles. The van der Waals surface area contributed by atoms with Gasteiger partial charge in [-0.1, -0.05) is 32.8 Å². The molecular formula is C19H34IN5O. The number of ether oxygens (including phenoxy) is 1. The topological polar surface area (TPSA) is 75.8 Å². The number of rotatable bonds is 8. The summed E-state index contributed by atoms with van der Waals surface area (Å²) in [6.07, 6.45) is 5.40. The van der Waals surface area contributed by atoms with E-state index >= 15 is 0 Å². The van der Waals surface area contributed by atoms with Crippen molar-refractivity contribution in [2.45, 2.75) is 52.6 Å². The highest BCUT2D eigenvalue weighted by Gasteiger charge is 2.15. The molecule has 0 amide bonds. The van der Waals surface area contributed by atoms with Crippen LogP contribution in [0.4, 0.5) is 5.82 Å². The first kappa shape index (κ1) is 23.0. The van der Waals surface area contributed by atoms with E-state index in [1.807, 2.05) is 12.3 Å². The minimum absolute atomic E-state index is 0. The van der Waals surface area contributed by atoms with Crippen LogP contribution in [0.2, 0.25) is 0 Å². The molecule has 0 aliphatic carbocycles. The molecule has 1 saturated heterocycles. The Labute approximate surface area is 175 Å². The Hall–Kier alpha value is -1.09. The molecule has 7 heteroatoms. The van der Waals surface area contributed by atoms with Crippen LogP contribution in [0.25, 0.3) is 0 Å². The first-order chi connectivity index (χ1) is 12.1. The van der Waals surface area contributed by atoms with Crippen molar-refractivity contribution in [2.75, 3.05) is 31.2 Å². The number of anilines is 1. The van der Waals surface area contributed by atoms with Crippen molar-refractivity contribution in [1.29, 1.82) is 0 Å². The smallest absolute Gasteiger partial charge is 0.189 e. The number of aliphatic imine (C=N–C) groups is 1. The Balaban J connectivity index is 0.00000338. The van der Waals surface area contributed by atoms with Crippen molar-refractivity contribution in [3.05, 3.63) is 23.9 Å². The lowest BCUT2D eigenvalue weighted by atomic mass is 10.0. The summed E-state index contributed by atoms with van der Waals surface area (Å²) in [5.74, 6) is 2.25. The summed E-state index contributed by atoms with van der Waals surface area (Å²) >= 11 is 0. The van der Waals surface area contributed by atoms with E-state index < -0.39 is 0 Å². The molecule has 3 N–H and O–H groups in total. The molecular weight excluding hydrogens is 441 g/mol. The van der Waals surface area contributed by atoms with Crippen molar-refractivity contribution in [3.63, 3.8) is 0 Å². The maximum absolute atomic E-state index is 6.07. The van der Waals surface area contributed by atoms with E-state index in [4.69, 9.17) is 10.5 Å². The SMILES string of the molecule is CC(C)CCCC(C)NC(N)=NCc1cccnc1N1CCOCC1.I. The molecule has 0 aromatic carbocycles. The summed E-state index contributed by atoms with van der Waals surface area (Å²) in [7, 11) is 0. The number of nitrogens with two attached hydrogens (primary N) is 1. The highest BCUT2D eigenvalue weighted by Crippen LogP contribution is 2.19. The van der Waals surface area contributed by atoms with Gasteiger partial charge in [0.1, 0.15) is 5.82 Å². The average Bonchev–Trinajstić information content (AvgIpc) is 2.60. The van der Waals surface area contributed by atoms with Crippen LogP contribution in [-0.4, -0.2) is 43.3 Å². The molecule has 6 nitrogen and oxygen atoms in total. The van der Waals surface area contributed by atoms with Crippen molar-refractivity contribution >= 4 is 35.8 Å². The van der Waals surface area contributed by atoms with Gasteiger partial charge in [-0.3, -0.25) is 0 Å². The number of guanidine groups is 1. The third-order valence-corrected chi connectivity index (χ3v) is 4.41. The summed E-state index contributed by atoms with van der Waals surface area (Å²) in [6.45, 7) is 10.4. The van der Waals surface area contributed by atoms with Crippen LogP contribution < -0.4 is 16.0 Å². The Morgan fingerprint density at radius 1 is 1.31 bits per heavy atom. The van der Waals surface area contributed by atoms with Crippen LogP contribution in [0.3, 0.4) is 0 Å². The van der Waals surface area contributed by atoms with Crippen LogP contribution in [0.15, 0.2) is 23.3 Å². The first-order valence-corrected chi connectivity index (χ1v) is 9.39. The molecule has 0 radical (unpaired) electrons. The molecule has 0 bridgehead atoms. The monoisotopic (exact) mass is 475 g/mol. The summed E-state index contributed by atoms with van der Waals surface area (Å²) in [5, 5.41) is 3.30. The van der Waals surface area contributed by atoms with Gasteiger partial charge in [0.15, 0.2) is 5.96 Å². The molecule has 26 heavy (non-hydrogen) atoms. The molecule has 1 unspecified atom stereocenters. The highest BCUT2D eigenvalue weighted by atomic mass is 127. The zero-order chi connectivity index (χ0) is 18.1. The van der Waals surface area contributed by atoms with Gasteiger partial charge in [-0.2, -0.15) is 0 Å². The van der Waals surface area contributed by atoms with E-state index in [1.54, 1.807) is 0 Å². The number of nitrogens with one attached hydrogen (secondary N) is 1. The zero-order valence-corrected chi connectivity index (χ0v) is 18.6. The maximum atomic E-state index is 6.07. The molecule has 1 atom stereocenters. The molecule has 0 spiro atoms. The summed E-state index contributed by atoms with van der Waals surface area (Å²) in [4.78, 5) is 11.3. The summed E-state index contributed by atoms with van der Waals surface area (Å²) < 4.78 is 5.42. The molecule has 0 saturated carbocycles. The molecule has 1 fully saturated rings. The second-order valence-corrected chi connectivity index (χ2v) is 7.16. The van der Waals surface area contributed by atoms with E-state index in [9.17, 15) is 0 Å².